The van der Waals surface area contributed by atoms with Crippen LogP contribution in [-0.4, -0.2) is 47.3 Å². The number of likely N-dealkylation sites (tertiary alicyclic amines) is 1. The predicted molar refractivity (Wildman–Crippen MR) is 114 cm³/mol. The molecule has 154 valence electrons. The number of carbonyl (C=O) groups is 1. The van der Waals surface area contributed by atoms with Gasteiger partial charge in [-0.15, -0.1) is 10.2 Å². The lowest BCUT2D eigenvalue weighted by Crippen LogP contribution is -2.45. The van der Waals surface area contributed by atoms with Crippen LogP contribution in [0.4, 0.5) is 0 Å². The highest BCUT2D eigenvalue weighted by molar-refractivity contribution is 5.79. The third-order valence-corrected chi connectivity index (χ3v) is 5.26. The van der Waals surface area contributed by atoms with Crippen LogP contribution in [0.5, 0.6) is 11.8 Å². The van der Waals surface area contributed by atoms with E-state index < -0.39 is 0 Å². The van der Waals surface area contributed by atoms with E-state index in [2.05, 4.69) is 34.5 Å². The number of amides is 1. The van der Waals surface area contributed by atoms with E-state index in [4.69, 9.17) is 9.47 Å². The average Bonchev–Trinajstić information content (AvgIpc) is 2.81. The molecule has 6 nitrogen and oxygen atoms in total. The Morgan fingerprint density at radius 3 is 2.37 bits per heavy atom. The third-order valence-electron chi connectivity index (χ3n) is 5.26. The van der Waals surface area contributed by atoms with Crippen LogP contribution in [0.25, 0.3) is 11.1 Å². The van der Waals surface area contributed by atoms with Gasteiger partial charge in [-0.3, -0.25) is 4.79 Å². The van der Waals surface area contributed by atoms with Gasteiger partial charge in [0.1, 0.15) is 6.10 Å². The van der Waals surface area contributed by atoms with Crippen LogP contribution in [0.3, 0.4) is 0 Å². The quantitative estimate of drug-likeness (QED) is 0.627. The van der Waals surface area contributed by atoms with E-state index in [-0.39, 0.29) is 12.0 Å². The lowest BCUT2D eigenvalue weighted by molar-refractivity contribution is -0.133. The standard InChI is InChI=1S/C24H25N3O3/c1-29-22-13-14-23(26-25-22)30-21-8-5-15-27(17-21)24(28)16-18-9-11-20(12-10-18)19-6-3-2-4-7-19/h2-4,6-7,9-14,21H,5,8,15-17H2,1H3. The van der Waals surface area contributed by atoms with Crippen LogP contribution in [-0.2, 0) is 11.2 Å². The van der Waals surface area contributed by atoms with Crippen LogP contribution in [0.1, 0.15) is 18.4 Å². The smallest absolute Gasteiger partial charge is 0.233 e. The molecule has 30 heavy (non-hydrogen) atoms. The van der Waals surface area contributed by atoms with Gasteiger partial charge in [0.25, 0.3) is 0 Å². The van der Waals surface area contributed by atoms with Gasteiger partial charge in [0.2, 0.25) is 17.7 Å². The van der Waals surface area contributed by atoms with Gasteiger partial charge in [-0.2, -0.15) is 0 Å². The SMILES string of the molecule is COc1ccc(OC2CCCN(C(=O)Cc3ccc(-c4ccccc4)cc3)C2)nn1. The Balaban J connectivity index is 1.33. The highest BCUT2D eigenvalue weighted by Gasteiger charge is 2.25. The lowest BCUT2D eigenvalue weighted by atomic mass is 10.0. The zero-order valence-corrected chi connectivity index (χ0v) is 17.0. The monoisotopic (exact) mass is 403 g/mol. The van der Waals surface area contributed by atoms with Crippen LogP contribution >= 0.6 is 0 Å². The van der Waals surface area contributed by atoms with Crippen molar-refractivity contribution in [1.82, 2.24) is 15.1 Å². The Kier molecular flexibility index (Phi) is 6.23. The molecule has 2 heterocycles. The largest absolute Gasteiger partial charge is 0.480 e. The van der Waals surface area contributed by atoms with Crippen molar-refractivity contribution in [2.45, 2.75) is 25.4 Å². The number of ether oxygens (including phenoxy) is 2. The molecular formula is C24H25N3O3. The van der Waals surface area contributed by atoms with E-state index in [1.807, 2.05) is 35.2 Å². The molecule has 0 aliphatic carbocycles. The van der Waals surface area contributed by atoms with E-state index in [0.29, 0.717) is 24.7 Å². The summed E-state index contributed by atoms with van der Waals surface area (Å²) in [6.07, 6.45) is 2.12. The van der Waals surface area contributed by atoms with E-state index in [1.54, 1.807) is 19.2 Å². The van der Waals surface area contributed by atoms with Gasteiger partial charge in [-0.1, -0.05) is 54.6 Å². The number of piperidine rings is 1. The first-order chi connectivity index (χ1) is 14.7. The topological polar surface area (TPSA) is 64.6 Å². The molecular weight excluding hydrogens is 378 g/mol. The molecule has 6 heteroatoms. The van der Waals surface area contributed by atoms with Crippen molar-refractivity contribution in [3.63, 3.8) is 0 Å². The van der Waals surface area contributed by atoms with Gasteiger partial charge < -0.3 is 14.4 Å². The van der Waals surface area contributed by atoms with Gasteiger partial charge >= 0.3 is 0 Å². The lowest BCUT2D eigenvalue weighted by Gasteiger charge is -2.32. The first-order valence-corrected chi connectivity index (χ1v) is 10.2. The average molecular weight is 403 g/mol. The molecule has 0 N–H and O–H groups in total. The summed E-state index contributed by atoms with van der Waals surface area (Å²) in [6.45, 7) is 1.32. The maximum Gasteiger partial charge on any atom is 0.233 e. The van der Waals surface area contributed by atoms with Gasteiger partial charge in [-0.25, -0.2) is 0 Å². The maximum absolute atomic E-state index is 12.8. The highest BCUT2D eigenvalue weighted by Crippen LogP contribution is 2.21. The van der Waals surface area contributed by atoms with Crippen molar-refractivity contribution < 1.29 is 14.3 Å². The molecule has 0 spiro atoms. The summed E-state index contributed by atoms with van der Waals surface area (Å²) in [5.74, 6) is 1.02. The van der Waals surface area contributed by atoms with Crippen LogP contribution in [0, 0.1) is 0 Å². The van der Waals surface area contributed by atoms with Crippen LogP contribution in [0.15, 0.2) is 66.7 Å². The first kappa shape index (κ1) is 19.9. The molecule has 0 saturated carbocycles. The Hall–Kier alpha value is -3.41. The molecule has 2 aromatic carbocycles. The molecule has 1 saturated heterocycles. The fourth-order valence-electron chi connectivity index (χ4n) is 3.64. The fourth-order valence-corrected chi connectivity index (χ4v) is 3.64. The van der Waals surface area contributed by atoms with Gasteiger partial charge in [-0.05, 0) is 29.5 Å². The number of aromatic nitrogens is 2. The second-order valence-electron chi connectivity index (χ2n) is 7.38. The second-order valence-corrected chi connectivity index (χ2v) is 7.38. The molecule has 1 unspecified atom stereocenters. The number of rotatable bonds is 6. The van der Waals surface area contributed by atoms with Gasteiger partial charge in [0.05, 0.1) is 20.1 Å². The molecule has 4 rings (SSSR count). The second kappa shape index (κ2) is 9.39. The van der Waals surface area contributed by atoms with Gasteiger partial charge in [0, 0.05) is 18.7 Å². The Morgan fingerprint density at radius 2 is 1.67 bits per heavy atom. The van der Waals surface area contributed by atoms with E-state index in [1.165, 1.54) is 5.56 Å². The molecule has 1 aromatic heterocycles. The van der Waals surface area contributed by atoms with Crippen molar-refractivity contribution in [2.75, 3.05) is 20.2 Å². The summed E-state index contributed by atoms with van der Waals surface area (Å²) in [6, 6.07) is 21.9. The van der Waals surface area contributed by atoms with Crippen molar-refractivity contribution in [3.05, 3.63) is 72.3 Å². The van der Waals surface area contributed by atoms with E-state index in [0.717, 1.165) is 30.5 Å². The summed E-state index contributed by atoms with van der Waals surface area (Å²) in [5, 5.41) is 7.94. The molecule has 1 aliphatic rings. The maximum atomic E-state index is 12.8. The van der Waals surface area contributed by atoms with Crippen LogP contribution < -0.4 is 9.47 Å². The number of methoxy groups -OCH3 is 1. The minimum atomic E-state index is -0.0779. The Bertz CT molecular complexity index is 959. The molecule has 0 radical (unpaired) electrons. The third kappa shape index (κ3) is 4.95. The van der Waals surface area contributed by atoms with E-state index >= 15 is 0 Å². The minimum absolute atomic E-state index is 0.0779. The molecule has 1 aliphatic heterocycles. The summed E-state index contributed by atoms with van der Waals surface area (Å²) >= 11 is 0. The summed E-state index contributed by atoms with van der Waals surface area (Å²) in [4.78, 5) is 14.7. The Morgan fingerprint density at radius 1 is 0.967 bits per heavy atom. The number of carbonyl (C=O) groups excluding carboxylic acids is 1. The van der Waals surface area contributed by atoms with Crippen LogP contribution in [0.2, 0.25) is 0 Å². The highest BCUT2D eigenvalue weighted by atomic mass is 16.5. The molecule has 1 fully saturated rings. The van der Waals surface area contributed by atoms with Crippen molar-refractivity contribution in [3.8, 4) is 22.9 Å². The van der Waals surface area contributed by atoms with E-state index in [9.17, 15) is 4.79 Å². The fraction of sp³-hybridized carbons (Fsp3) is 0.292. The van der Waals surface area contributed by atoms with Crippen molar-refractivity contribution in [1.29, 1.82) is 0 Å². The first-order valence-electron chi connectivity index (χ1n) is 10.2. The summed E-state index contributed by atoms with van der Waals surface area (Å²) < 4.78 is 10.9. The normalized spacial score (nSPS) is 16.2. The number of hydrogen-bond donors (Lipinski definition) is 0. The zero-order valence-electron chi connectivity index (χ0n) is 17.0. The molecule has 0 bridgehead atoms. The predicted octanol–water partition coefficient (Wildman–Crippen LogP) is 3.76. The zero-order chi connectivity index (χ0) is 20.8. The van der Waals surface area contributed by atoms with Crippen molar-refractivity contribution in [2.24, 2.45) is 0 Å². The number of hydrogen-bond acceptors (Lipinski definition) is 5. The molecule has 1 atom stereocenters. The summed E-state index contributed by atoms with van der Waals surface area (Å²) in [5.41, 5.74) is 3.34. The molecule has 3 aromatic rings. The van der Waals surface area contributed by atoms with Gasteiger partial charge in [0.15, 0.2) is 0 Å². The molecule has 1 amide bonds. The summed E-state index contributed by atoms with van der Waals surface area (Å²) in [7, 11) is 1.55. The number of nitrogens with zero attached hydrogens (tertiary/aromatic N) is 3. The number of benzene rings is 2. The Labute approximate surface area is 176 Å². The minimum Gasteiger partial charge on any atom is -0.480 e. The van der Waals surface area contributed by atoms with Crippen molar-refractivity contribution >= 4 is 5.91 Å².